The van der Waals surface area contributed by atoms with Crippen molar-refractivity contribution in [1.82, 2.24) is 0 Å². The number of nitrogens with zero attached hydrogens (tertiary/aromatic N) is 1. The third-order valence-corrected chi connectivity index (χ3v) is 7.07. The molecule has 5 heteroatoms. The highest BCUT2D eigenvalue weighted by atomic mass is 32.2. The number of ketones is 1. The molecule has 4 aromatic rings. The lowest BCUT2D eigenvalue weighted by molar-refractivity contribution is -0.140. The fourth-order valence-electron chi connectivity index (χ4n) is 4.38. The van der Waals surface area contributed by atoms with Crippen LogP contribution >= 0.6 is 11.8 Å². The van der Waals surface area contributed by atoms with Crippen molar-refractivity contribution in [3.05, 3.63) is 129 Å². The van der Waals surface area contributed by atoms with Gasteiger partial charge in [0.1, 0.15) is 5.71 Å². The maximum absolute atomic E-state index is 13.2. The Morgan fingerprint density at radius 2 is 1.24 bits per heavy atom. The number of oxime groups is 1. The van der Waals surface area contributed by atoms with Crippen molar-refractivity contribution in [2.24, 2.45) is 5.16 Å². The summed E-state index contributed by atoms with van der Waals surface area (Å²) in [6.45, 7) is 9.35. The van der Waals surface area contributed by atoms with E-state index in [1.165, 1.54) is 6.92 Å². The van der Waals surface area contributed by atoms with E-state index in [0.29, 0.717) is 11.3 Å². The van der Waals surface area contributed by atoms with Crippen LogP contribution in [0, 0.1) is 27.7 Å². The standard InChI is InChI=1S/C32H29NO3S/c1-20-18-22(3)30(23(4)19-20)32(35)26-12-16-28(17-13-26)37-27-14-10-25(11-15-27)31(33-36-24(5)34)29-9-7-6-8-21(29)2/h6-19H,1-5H3/b33-31-. The monoisotopic (exact) mass is 507 g/mol. The first-order valence-corrected chi connectivity index (χ1v) is 12.9. The van der Waals surface area contributed by atoms with Crippen LogP contribution in [0.1, 0.15) is 56.2 Å². The Hall–Kier alpha value is -3.96. The summed E-state index contributed by atoms with van der Waals surface area (Å²) in [7, 11) is 0. The van der Waals surface area contributed by atoms with E-state index in [0.717, 1.165) is 48.7 Å². The van der Waals surface area contributed by atoms with Gasteiger partial charge in [-0.25, -0.2) is 4.79 Å². The van der Waals surface area contributed by atoms with Gasteiger partial charge in [-0.05, 0) is 80.8 Å². The van der Waals surface area contributed by atoms with Crippen LogP contribution in [0.4, 0.5) is 0 Å². The van der Waals surface area contributed by atoms with E-state index >= 15 is 0 Å². The molecule has 0 aromatic heterocycles. The van der Waals surface area contributed by atoms with E-state index < -0.39 is 5.97 Å². The van der Waals surface area contributed by atoms with Crippen molar-refractivity contribution in [1.29, 1.82) is 0 Å². The minimum Gasteiger partial charge on any atom is -0.318 e. The Bertz CT molecular complexity index is 1460. The predicted molar refractivity (Wildman–Crippen MR) is 150 cm³/mol. The molecule has 0 heterocycles. The van der Waals surface area contributed by atoms with E-state index in [1.807, 2.05) is 100 Å². The van der Waals surface area contributed by atoms with Gasteiger partial charge < -0.3 is 4.84 Å². The van der Waals surface area contributed by atoms with Gasteiger partial charge in [0, 0.05) is 39.0 Å². The SMILES string of the molecule is CC(=O)O/N=C(/c1ccc(Sc2ccc(C(=O)c3c(C)cc(C)cc3C)cc2)cc1)c1ccccc1C. The molecule has 0 saturated carbocycles. The van der Waals surface area contributed by atoms with Crippen molar-refractivity contribution in [3.8, 4) is 0 Å². The van der Waals surface area contributed by atoms with Gasteiger partial charge >= 0.3 is 5.97 Å². The lowest BCUT2D eigenvalue weighted by atomic mass is 9.93. The van der Waals surface area contributed by atoms with Gasteiger partial charge in [0.05, 0.1) is 0 Å². The average molecular weight is 508 g/mol. The lowest BCUT2D eigenvalue weighted by Crippen LogP contribution is -2.07. The van der Waals surface area contributed by atoms with Crippen molar-refractivity contribution < 1.29 is 14.4 Å². The number of carbonyl (C=O) groups is 2. The van der Waals surface area contributed by atoms with Gasteiger partial charge in [0.15, 0.2) is 5.78 Å². The number of aryl methyl sites for hydroxylation is 4. The van der Waals surface area contributed by atoms with E-state index in [1.54, 1.807) is 11.8 Å². The zero-order chi connectivity index (χ0) is 26.5. The third-order valence-electron chi connectivity index (χ3n) is 6.05. The Labute approximate surface area is 222 Å². The normalized spacial score (nSPS) is 11.3. The fourth-order valence-corrected chi connectivity index (χ4v) is 5.20. The van der Waals surface area contributed by atoms with E-state index in [2.05, 4.69) is 17.3 Å². The molecule has 0 radical (unpaired) electrons. The maximum atomic E-state index is 13.2. The number of hydrogen-bond acceptors (Lipinski definition) is 5. The predicted octanol–water partition coefficient (Wildman–Crippen LogP) is 7.62. The van der Waals surface area contributed by atoms with Crippen LogP contribution < -0.4 is 0 Å². The third kappa shape index (κ3) is 6.25. The molecule has 4 aromatic carbocycles. The smallest absolute Gasteiger partial charge is 0.318 e. The molecule has 0 aliphatic heterocycles. The molecular formula is C32H29NO3S. The van der Waals surface area contributed by atoms with Gasteiger partial charge in [0.25, 0.3) is 0 Å². The molecule has 186 valence electrons. The molecule has 0 atom stereocenters. The molecule has 4 rings (SSSR count). The summed E-state index contributed by atoms with van der Waals surface area (Å²) < 4.78 is 0. The van der Waals surface area contributed by atoms with Crippen molar-refractivity contribution in [2.45, 2.75) is 44.4 Å². The molecule has 4 nitrogen and oxygen atoms in total. The summed E-state index contributed by atoms with van der Waals surface area (Å²) in [5.74, 6) is -0.417. The van der Waals surface area contributed by atoms with Gasteiger partial charge in [-0.2, -0.15) is 0 Å². The quantitative estimate of drug-likeness (QED) is 0.112. The Morgan fingerprint density at radius 3 is 1.78 bits per heavy atom. The van der Waals surface area contributed by atoms with Gasteiger partial charge in [0.2, 0.25) is 0 Å². The molecule has 0 amide bonds. The van der Waals surface area contributed by atoms with E-state index in [9.17, 15) is 9.59 Å². The molecule has 0 fully saturated rings. The van der Waals surface area contributed by atoms with E-state index in [-0.39, 0.29) is 5.78 Å². The van der Waals surface area contributed by atoms with Crippen molar-refractivity contribution in [2.75, 3.05) is 0 Å². The molecule has 0 unspecified atom stereocenters. The van der Waals surface area contributed by atoms with E-state index in [4.69, 9.17) is 4.84 Å². The summed E-state index contributed by atoms with van der Waals surface area (Å²) in [5, 5.41) is 4.13. The second kappa shape index (κ2) is 11.4. The van der Waals surface area contributed by atoms with Gasteiger partial charge in [-0.15, -0.1) is 0 Å². The molecule has 37 heavy (non-hydrogen) atoms. The number of rotatable bonds is 7. The molecule has 0 bridgehead atoms. The van der Waals surface area contributed by atoms with Crippen molar-refractivity contribution >= 4 is 29.2 Å². The highest BCUT2D eigenvalue weighted by Crippen LogP contribution is 2.29. The van der Waals surface area contributed by atoms with Crippen LogP contribution in [-0.2, 0) is 9.63 Å². The summed E-state index contributed by atoms with van der Waals surface area (Å²) >= 11 is 1.61. The first-order valence-electron chi connectivity index (χ1n) is 12.1. The Kier molecular flexibility index (Phi) is 8.04. The maximum Gasteiger partial charge on any atom is 0.332 e. The average Bonchev–Trinajstić information content (AvgIpc) is 2.85. The van der Waals surface area contributed by atoms with Crippen LogP contribution in [0.3, 0.4) is 0 Å². The van der Waals surface area contributed by atoms with Crippen LogP contribution in [0.25, 0.3) is 0 Å². The summed E-state index contributed by atoms with van der Waals surface area (Å²) in [5.41, 5.74) is 8.03. The zero-order valence-corrected chi connectivity index (χ0v) is 22.5. The first kappa shape index (κ1) is 26.1. The molecule has 0 spiro atoms. The minimum atomic E-state index is -0.465. The molecular weight excluding hydrogens is 478 g/mol. The van der Waals surface area contributed by atoms with Crippen LogP contribution in [0.2, 0.25) is 0 Å². The molecule has 0 aliphatic carbocycles. The highest BCUT2D eigenvalue weighted by Gasteiger charge is 2.15. The lowest BCUT2D eigenvalue weighted by Gasteiger charge is -2.11. The minimum absolute atomic E-state index is 0.0479. The topological polar surface area (TPSA) is 55.7 Å². The number of benzene rings is 4. The number of carbonyl (C=O) groups excluding carboxylic acids is 2. The largest absolute Gasteiger partial charge is 0.332 e. The second-order valence-electron chi connectivity index (χ2n) is 9.09. The molecule has 0 N–H and O–H groups in total. The van der Waals surface area contributed by atoms with Gasteiger partial charge in [-0.3, -0.25) is 4.79 Å². The molecule has 0 saturated heterocycles. The number of hydrogen-bond donors (Lipinski definition) is 0. The Balaban J connectivity index is 1.53. The summed E-state index contributed by atoms with van der Waals surface area (Å²) in [6, 6.07) is 27.7. The van der Waals surface area contributed by atoms with Crippen molar-refractivity contribution in [3.63, 3.8) is 0 Å². The van der Waals surface area contributed by atoms with Crippen LogP contribution in [0.5, 0.6) is 0 Å². The first-order chi connectivity index (χ1) is 17.7. The zero-order valence-electron chi connectivity index (χ0n) is 21.7. The van der Waals surface area contributed by atoms with Gasteiger partial charge in [-0.1, -0.05) is 71.0 Å². The second-order valence-corrected chi connectivity index (χ2v) is 10.2. The summed E-state index contributed by atoms with van der Waals surface area (Å²) in [4.78, 5) is 31.6. The fraction of sp³-hybridized carbons (Fsp3) is 0.156. The highest BCUT2D eigenvalue weighted by molar-refractivity contribution is 7.99. The van der Waals surface area contributed by atoms with Crippen LogP contribution in [-0.4, -0.2) is 17.5 Å². The summed E-state index contributed by atoms with van der Waals surface area (Å²) in [6.07, 6.45) is 0. The van der Waals surface area contributed by atoms with Crippen LogP contribution in [0.15, 0.2) is 99.9 Å². The Morgan fingerprint density at radius 1 is 0.703 bits per heavy atom. The molecule has 0 aliphatic rings.